The van der Waals surface area contributed by atoms with Crippen LogP contribution in [0.1, 0.15) is 24.0 Å². The number of piperidine rings is 1. The lowest BCUT2D eigenvalue weighted by molar-refractivity contribution is -0.139. The van der Waals surface area contributed by atoms with Gasteiger partial charge in [0.05, 0.1) is 0 Å². The van der Waals surface area contributed by atoms with Gasteiger partial charge in [-0.3, -0.25) is 9.59 Å². The van der Waals surface area contributed by atoms with E-state index in [9.17, 15) is 9.59 Å². The lowest BCUT2D eigenvalue weighted by atomic mass is 9.96. The lowest BCUT2D eigenvalue weighted by Crippen LogP contribution is -2.43. The quantitative estimate of drug-likeness (QED) is 0.726. The van der Waals surface area contributed by atoms with Gasteiger partial charge in [-0.15, -0.1) is 0 Å². The van der Waals surface area contributed by atoms with Gasteiger partial charge in [0.15, 0.2) is 0 Å². The van der Waals surface area contributed by atoms with Gasteiger partial charge in [-0.25, -0.2) is 0 Å². The van der Waals surface area contributed by atoms with E-state index < -0.39 is 11.8 Å². The molecule has 2 aromatic carbocycles. The summed E-state index contributed by atoms with van der Waals surface area (Å²) >= 11 is 0. The molecule has 1 aliphatic heterocycles. The maximum atomic E-state index is 12.0. The molecule has 0 spiro atoms. The zero-order chi connectivity index (χ0) is 19.6. The molecule has 28 heavy (non-hydrogen) atoms. The van der Waals surface area contributed by atoms with Crippen molar-refractivity contribution in [2.45, 2.75) is 25.8 Å². The monoisotopic (exact) mass is 379 g/mol. The van der Waals surface area contributed by atoms with Crippen LogP contribution < -0.4 is 10.6 Å². The Balaban J connectivity index is 1.30. The van der Waals surface area contributed by atoms with Crippen molar-refractivity contribution in [3.8, 4) is 0 Å². The van der Waals surface area contributed by atoms with Gasteiger partial charge in [0.25, 0.3) is 0 Å². The van der Waals surface area contributed by atoms with E-state index in [4.69, 9.17) is 0 Å². The zero-order valence-corrected chi connectivity index (χ0v) is 16.3. The number of nitrogens with zero attached hydrogens (tertiary/aromatic N) is 1. The Morgan fingerprint density at radius 3 is 2.04 bits per heavy atom. The van der Waals surface area contributed by atoms with Gasteiger partial charge in [0.1, 0.15) is 0 Å². The van der Waals surface area contributed by atoms with Crippen LogP contribution in [0.25, 0.3) is 0 Å². The normalized spacial score (nSPS) is 15.1. The van der Waals surface area contributed by atoms with Crippen LogP contribution in [-0.2, 0) is 22.6 Å². The molecule has 2 N–H and O–H groups in total. The van der Waals surface area contributed by atoms with Gasteiger partial charge in [0.2, 0.25) is 0 Å². The van der Waals surface area contributed by atoms with E-state index in [1.165, 1.54) is 5.56 Å². The first kappa shape index (κ1) is 20.1. The van der Waals surface area contributed by atoms with Crippen LogP contribution in [0.15, 0.2) is 60.7 Å². The largest absolute Gasteiger partial charge is 0.348 e. The fourth-order valence-electron chi connectivity index (χ4n) is 3.52. The molecule has 0 saturated carbocycles. The van der Waals surface area contributed by atoms with Gasteiger partial charge in [-0.2, -0.15) is 0 Å². The third kappa shape index (κ3) is 6.50. The number of amides is 2. The van der Waals surface area contributed by atoms with Gasteiger partial charge in [0, 0.05) is 19.6 Å². The fourth-order valence-corrected chi connectivity index (χ4v) is 3.52. The highest BCUT2D eigenvalue weighted by Crippen LogP contribution is 2.16. The first-order valence-corrected chi connectivity index (χ1v) is 10.1. The number of nitrogens with one attached hydrogen (secondary N) is 2. The van der Waals surface area contributed by atoms with Crippen LogP contribution >= 0.6 is 0 Å². The van der Waals surface area contributed by atoms with Crippen molar-refractivity contribution < 1.29 is 9.59 Å². The number of rotatable bonds is 7. The molecule has 0 aromatic heterocycles. The van der Waals surface area contributed by atoms with E-state index in [1.54, 1.807) is 0 Å². The summed E-state index contributed by atoms with van der Waals surface area (Å²) in [5, 5.41) is 5.46. The van der Waals surface area contributed by atoms with Crippen LogP contribution in [0.2, 0.25) is 0 Å². The van der Waals surface area contributed by atoms with E-state index in [1.807, 2.05) is 36.4 Å². The first-order chi connectivity index (χ1) is 13.7. The van der Waals surface area contributed by atoms with Crippen LogP contribution in [0, 0.1) is 5.92 Å². The average molecular weight is 380 g/mol. The summed E-state index contributed by atoms with van der Waals surface area (Å²) in [6, 6.07) is 20.1. The topological polar surface area (TPSA) is 61.4 Å². The first-order valence-electron chi connectivity index (χ1n) is 10.1. The van der Waals surface area contributed by atoms with Crippen molar-refractivity contribution in [1.29, 1.82) is 0 Å². The Morgan fingerprint density at radius 2 is 1.39 bits per heavy atom. The van der Waals surface area contributed by atoms with E-state index in [-0.39, 0.29) is 0 Å². The Labute approximate surface area is 167 Å². The zero-order valence-electron chi connectivity index (χ0n) is 16.3. The van der Waals surface area contributed by atoms with E-state index in [0.717, 1.165) is 44.5 Å². The number of hydrogen-bond acceptors (Lipinski definition) is 3. The summed E-state index contributed by atoms with van der Waals surface area (Å²) < 4.78 is 0. The van der Waals surface area contributed by atoms with Crippen molar-refractivity contribution in [3.05, 3.63) is 71.8 Å². The standard InChI is InChI=1S/C23H29N3O2/c27-22(24-17-20-9-5-2-6-10-20)23(28)25-18-21-12-15-26(16-13-21)14-11-19-7-3-1-4-8-19/h1-10,21H,11-18H2,(H,24,27)(H,25,28). The molecular weight excluding hydrogens is 350 g/mol. The van der Waals surface area contributed by atoms with Gasteiger partial charge < -0.3 is 15.5 Å². The Hall–Kier alpha value is -2.66. The van der Waals surface area contributed by atoms with Crippen LogP contribution in [-0.4, -0.2) is 42.9 Å². The number of likely N-dealkylation sites (tertiary alicyclic amines) is 1. The molecule has 0 unspecified atom stereocenters. The fraction of sp³-hybridized carbons (Fsp3) is 0.391. The molecule has 2 aromatic rings. The highest BCUT2D eigenvalue weighted by Gasteiger charge is 2.21. The highest BCUT2D eigenvalue weighted by molar-refractivity contribution is 6.35. The summed E-state index contributed by atoms with van der Waals surface area (Å²) in [5.74, 6) is -0.662. The molecule has 0 atom stereocenters. The minimum atomic E-state index is -0.566. The number of carbonyl (C=O) groups excluding carboxylic acids is 2. The van der Waals surface area contributed by atoms with Crippen molar-refractivity contribution in [3.63, 3.8) is 0 Å². The number of carbonyl (C=O) groups is 2. The molecule has 3 rings (SSSR count). The minimum absolute atomic E-state index is 0.368. The minimum Gasteiger partial charge on any atom is -0.348 e. The summed E-state index contributed by atoms with van der Waals surface area (Å²) in [6.45, 7) is 4.11. The summed E-state index contributed by atoms with van der Waals surface area (Å²) in [5.41, 5.74) is 2.35. The molecule has 1 saturated heterocycles. The molecule has 1 fully saturated rings. The molecular formula is C23H29N3O2. The second-order valence-corrected chi connectivity index (χ2v) is 7.40. The van der Waals surface area contributed by atoms with Gasteiger partial charge >= 0.3 is 11.8 Å². The van der Waals surface area contributed by atoms with Gasteiger partial charge in [-0.1, -0.05) is 60.7 Å². The Kier molecular flexibility index (Phi) is 7.62. The molecule has 5 nitrogen and oxygen atoms in total. The Bertz CT molecular complexity index is 741. The van der Waals surface area contributed by atoms with Crippen molar-refractivity contribution in [2.75, 3.05) is 26.2 Å². The van der Waals surface area contributed by atoms with Crippen LogP contribution in [0.3, 0.4) is 0 Å². The maximum absolute atomic E-state index is 12.0. The molecule has 0 aliphatic carbocycles. The highest BCUT2D eigenvalue weighted by atomic mass is 16.2. The van der Waals surface area contributed by atoms with Crippen molar-refractivity contribution in [1.82, 2.24) is 15.5 Å². The second kappa shape index (κ2) is 10.6. The van der Waals surface area contributed by atoms with E-state index in [0.29, 0.717) is 19.0 Å². The maximum Gasteiger partial charge on any atom is 0.309 e. The van der Waals surface area contributed by atoms with Crippen molar-refractivity contribution in [2.24, 2.45) is 5.92 Å². The molecule has 0 radical (unpaired) electrons. The van der Waals surface area contributed by atoms with E-state index >= 15 is 0 Å². The summed E-state index contributed by atoms with van der Waals surface area (Å²) in [4.78, 5) is 26.4. The molecule has 1 aliphatic rings. The molecule has 2 amide bonds. The SMILES string of the molecule is O=C(NCc1ccccc1)C(=O)NCC1CCN(CCc2ccccc2)CC1. The third-order valence-corrected chi connectivity index (χ3v) is 5.32. The Morgan fingerprint density at radius 1 is 0.821 bits per heavy atom. The summed E-state index contributed by atoms with van der Waals surface area (Å²) in [7, 11) is 0. The summed E-state index contributed by atoms with van der Waals surface area (Å²) in [6.07, 6.45) is 3.19. The predicted octanol–water partition coefficient (Wildman–Crippen LogP) is 2.37. The molecule has 0 bridgehead atoms. The second-order valence-electron chi connectivity index (χ2n) is 7.40. The average Bonchev–Trinajstić information content (AvgIpc) is 2.76. The predicted molar refractivity (Wildman–Crippen MR) is 111 cm³/mol. The van der Waals surface area contributed by atoms with Gasteiger partial charge in [-0.05, 0) is 49.4 Å². The molecule has 1 heterocycles. The van der Waals surface area contributed by atoms with E-state index in [2.05, 4.69) is 39.8 Å². The molecule has 5 heteroatoms. The third-order valence-electron chi connectivity index (χ3n) is 5.32. The molecule has 148 valence electrons. The van der Waals surface area contributed by atoms with Crippen LogP contribution in [0.5, 0.6) is 0 Å². The smallest absolute Gasteiger partial charge is 0.309 e. The lowest BCUT2D eigenvalue weighted by Gasteiger charge is -2.32. The number of hydrogen-bond donors (Lipinski definition) is 2. The van der Waals surface area contributed by atoms with Crippen molar-refractivity contribution >= 4 is 11.8 Å². The van der Waals surface area contributed by atoms with Crippen LogP contribution in [0.4, 0.5) is 0 Å². The number of benzene rings is 2.